The fourth-order valence-electron chi connectivity index (χ4n) is 4.92. The minimum atomic E-state index is -1.59. The van der Waals surface area contributed by atoms with E-state index in [-0.39, 0.29) is 24.4 Å². The van der Waals surface area contributed by atoms with Crippen LogP contribution in [0.5, 0.6) is 0 Å². The van der Waals surface area contributed by atoms with Crippen LogP contribution in [0.25, 0.3) is 0 Å². The van der Waals surface area contributed by atoms with Crippen molar-refractivity contribution in [1.82, 2.24) is 0 Å². The quantitative estimate of drug-likeness (QED) is 0.248. The number of ether oxygens (including phenoxy) is 3. The van der Waals surface area contributed by atoms with Crippen molar-refractivity contribution in [2.24, 2.45) is 11.8 Å². The van der Waals surface area contributed by atoms with Gasteiger partial charge in [-0.25, -0.2) is 4.79 Å². The van der Waals surface area contributed by atoms with Gasteiger partial charge in [-0.3, -0.25) is 4.79 Å². The third-order valence-corrected chi connectivity index (χ3v) is 6.53. The van der Waals surface area contributed by atoms with Crippen LogP contribution < -0.4 is 0 Å². The first-order chi connectivity index (χ1) is 14.6. The second-order valence-electron chi connectivity index (χ2n) is 8.46. The van der Waals surface area contributed by atoms with Crippen LogP contribution in [-0.2, 0) is 23.8 Å². The lowest BCUT2D eigenvalue weighted by Gasteiger charge is -2.39. The summed E-state index contributed by atoms with van der Waals surface area (Å²) in [5.41, 5.74) is 1.73. The molecule has 0 aromatic carbocycles. The highest BCUT2D eigenvalue weighted by molar-refractivity contribution is 6.09. The first kappa shape index (κ1) is 22.3. The largest absolute Gasteiger partial charge is 0.457 e. The molecule has 10 nitrogen and oxygen atoms in total. The molecule has 4 rings (SSSR count). The van der Waals surface area contributed by atoms with Gasteiger partial charge in [-0.1, -0.05) is 12.2 Å². The van der Waals surface area contributed by atoms with Crippen LogP contribution in [0.1, 0.15) is 13.3 Å². The van der Waals surface area contributed by atoms with E-state index in [1.54, 1.807) is 6.92 Å². The smallest absolute Gasteiger partial charge is 0.334 e. The molecular weight excluding hydrogens is 412 g/mol. The summed E-state index contributed by atoms with van der Waals surface area (Å²) in [6.07, 6.45) is -7.37. The van der Waals surface area contributed by atoms with Gasteiger partial charge in [-0.05, 0) is 25.0 Å². The zero-order valence-corrected chi connectivity index (χ0v) is 16.9. The van der Waals surface area contributed by atoms with E-state index in [1.807, 2.05) is 0 Å². The molecule has 4 aliphatic rings. The Morgan fingerprint density at radius 1 is 1.16 bits per heavy atom. The summed E-state index contributed by atoms with van der Waals surface area (Å²) in [5, 5.41) is 49.9. The molecule has 10 heteroatoms. The standard InChI is InChI=1S/C21H26O10/c1-7-3-10(23)14-8(2)20(28)31-19(14)15-9(4-11(24)13(7)15)6-29-21-18(27)17(26)16(25)12(5-22)30-21/h4,10,12,14-19,21-23,25-27H,2-3,5-6H2,1H3. The SMILES string of the molecule is C=C1C(=O)OC2C3C(COC4OC(CO)C(O)C(O)C4O)=CC(=O)C3=C(C)CC(O)C12. The van der Waals surface area contributed by atoms with Crippen molar-refractivity contribution in [3.63, 3.8) is 0 Å². The second kappa shape index (κ2) is 8.21. The predicted octanol–water partition coefficient (Wildman–Crippen LogP) is -1.89. The maximum Gasteiger partial charge on any atom is 0.334 e. The third kappa shape index (κ3) is 3.58. The Hall–Kier alpha value is -1.92. The zero-order valence-electron chi connectivity index (χ0n) is 16.9. The first-order valence-corrected chi connectivity index (χ1v) is 10.1. The first-order valence-electron chi connectivity index (χ1n) is 10.1. The molecule has 170 valence electrons. The summed E-state index contributed by atoms with van der Waals surface area (Å²) in [7, 11) is 0. The lowest BCUT2D eigenvalue weighted by atomic mass is 9.82. The van der Waals surface area contributed by atoms with Crippen molar-refractivity contribution >= 4 is 11.8 Å². The maximum atomic E-state index is 12.7. The molecule has 5 N–H and O–H groups in total. The van der Waals surface area contributed by atoms with Gasteiger partial charge >= 0.3 is 5.97 Å². The van der Waals surface area contributed by atoms with Gasteiger partial charge in [-0.2, -0.15) is 0 Å². The van der Waals surface area contributed by atoms with E-state index in [0.29, 0.717) is 16.7 Å². The molecule has 2 saturated heterocycles. The number of rotatable bonds is 4. The second-order valence-corrected chi connectivity index (χ2v) is 8.46. The Kier molecular flexibility index (Phi) is 5.90. The average Bonchev–Trinajstić information content (AvgIpc) is 3.17. The van der Waals surface area contributed by atoms with Crippen LogP contribution in [-0.4, -0.2) is 93.4 Å². The van der Waals surface area contributed by atoms with Crippen LogP contribution in [0.15, 0.2) is 34.9 Å². The highest BCUT2D eigenvalue weighted by Crippen LogP contribution is 2.47. The van der Waals surface area contributed by atoms with E-state index in [2.05, 4.69) is 6.58 Å². The van der Waals surface area contributed by atoms with Crippen LogP contribution >= 0.6 is 0 Å². The fraction of sp³-hybridized carbons (Fsp3) is 0.619. The number of ketones is 1. The van der Waals surface area contributed by atoms with Gasteiger partial charge in [0.05, 0.1) is 25.2 Å². The summed E-state index contributed by atoms with van der Waals surface area (Å²) >= 11 is 0. The van der Waals surface area contributed by atoms with E-state index in [0.717, 1.165) is 0 Å². The Morgan fingerprint density at radius 3 is 2.55 bits per heavy atom. The maximum absolute atomic E-state index is 12.7. The number of aliphatic hydroxyl groups is 5. The Balaban J connectivity index is 1.57. The molecule has 2 heterocycles. The lowest BCUT2D eigenvalue weighted by Crippen LogP contribution is -2.59. The molecule has 0 saturated carbocycles. The molecule has 2 aliphatic carbocycles. The molecule has 0 aromatic rings. The van der Waals surface area contributed by atoms with Gasteiger partial charge in [0, 0.05) is 17.1 Å². The summed E-state index contributed by atoms with van der Waals surface area (Å²) in [5.74, 6) is -2.23. The summed E-state index contributed by atoms with van der Waals surface area (Å²) in [4.78, 5) is 24.9. The van der Waals surface area contributed by atoms with Crippen LogP contribution in [0.2, 0.25) is 0 Å². The van der Waals surface area contributed by atoms with E-state index in [1.165, 1.54) is 6.08 Å². The summed E-state index contributed by atoms with van der Waals surface area (Å²) in [6, 6.07) is 0. The predicted molar refractivity (Wildman–Crippen MR) is 102 cm³/mol. The molecular formula is C21H26O10. The minimum Gasteiger partial charge on any atom is -0.457 e. The van der Waals surface area contributed by atoms with Crippen molar-refractivity contribution in [3.8, 4) is 0 Å². The van der Waals surface area contributed by atoms with E-state index in [4.69, 9.17) is 14.2 Å². The summed E-state index contributed by atoms with van der Waals surface area (Å²) in [6.45, 7) is 4.67. The number of aliphatic hydroxyl groups excluding tert-OH is 5. The van der Waals surface area contributed by atoms with Gasteiger partial charge < -0.3 is 39.7 Å². The fourth-order valence-corrected chi connectivity index (χ4v) is 4.92. The highest BCUT2D eigenvalue weighted by Gasteiger charge is 2.53. The molecule has 9 unspecified atom stereocenters. The normalized spacial score (nSPS) is 42.8. The number of carbonyl (C=O) groups excluding carboxylic acids is 2. The van der Waals surface area contributed by atoms with Gasteiger partial charge in [-0.15, -0.1) is 0 Å². The molecule has 0 bridgehead atoms. The van der Waals surface area contributed by atoms with Crippen molar-refractivity contribution in [3.05, 3.63) is 34.9 Å². The van der Waals surface area contributed by atoms with E-state index in [9.17, 15) is 35.1 Å². The minimum absolute atomic E-state index is 0.153. The number of hydrogen-bond acceptors (Lipinski definition) is 10. The van der Waals surface area contributed by atoms with Gasteiger partial charge in [0.15, 0.2) is 12.1 Å². The molecule has 0 spiro atoms. The zero-order chi connectivity index (χ0) is 22.6. The number of carbonyl (C=O) groups is 2. The van der Waals surface area contributed by atoms with Crippen LogP contribution in [0.3, 0.4) is 0 Å². The number of allylic oxidation sites excluding steroid dienone is 1. The molecule has 9 atom stereocenters. The van der Waals surface area contributed by atoms with Crippen molar-refractivity contribution in [2.45, 2.75) is 56.3 Å². The van der Waals surface area contributed by atoms with Crippen LogP contribution in [0, 0.1) is 11.8 Å². The monoisotopic (exact) mass is 438 g/mol. The molecule has 0 amide bonds. The van der Waals surface area contributed by atoms with Gasteiger partial charge in [0.2, 0.25) is 0 Å². The van der Waals surface area contributed by atoms with Crippen molar-refractivity contribution in [1.29, 1.82) is 0 Å². The van der Waals surface area contributed by atoms with E-state index >= 15 is 0 Å². The Labute approximate surface area is 178 Å². The molecule has 31 heavy (non-hydrogen) atoms. The topological polar surface area (TPSA) is 163 Å². The number of esters is 1. The molecule has 0 aromatic heterocycles. The number of hydrogen-bond donors (Lipinski definition) is 5. The Bertz CT molecular complexity index is 858. The van der Waals surface area contributed by atoms with Crippen molar-refractivity contribution < 1.29 is 49.3 Å². The molecule has 2 fully saturated rings. The Morgan fingerprint density at radius 2 is 1.87 bits per heavy atom. The average molecular weight is 438 g/mol. The van der Waals surface area contributed by atoms with Gasteiger partial charge in [0.1, 0.15) is 30.5 Å². The summed E-state index contributed by atoms with van der Waals surface area (Å²) < 4.78 is 16.4. The lowest BCUT2D eigenvalue weighted by molar-refractivity contribution is -0.299. The molecule has 0 radical (unpaired) electrons. The third-order valence-electron chi connectivity index (χ3n) is 6.53. The van der Waals surface area contributed by atoms with Crippen molar-refractivity contribution in [2.75, 3.05) is 13.2 Å². The number of fused-ring (bicyclic) bond motifs is 3. The van der Waals surface area contributed by atoms with Gasteiger partial charge in [0.25, 0.3) is 0 Å². The van der Waals surface area contributed by atoms with Crippen LogP contribution in [0.4, 0.5) is 0 Å². The highest BCUT2D eigenvalue weighted by atomic mass is 16.7. The van der Waals surface area contributed by atoms with E-state index < -0.39 is 67.3 Å². The molecule has 2 aliphatic heterocycles.